The molecule has 1 N–H and O–H groups in total. The van der Waals surface area contributed by atoms with Crippen LogP contribution in [0.2, 0.25) is 0 Å². The summed E-state index contributed by atoms with van der Waals surface area (Å²) < 4.78 is -0.847. The molecule has 1 atom stereocenters. The Labute approximate surface area is 120 Å². The highest BCUT2D eigenvalue weighted by Gasteiger charge is 2.67. The van der Waals surface area contributed by atoms with Crippen LogP contribution in [0.4, 0.5) is 0 Å². The lowest BCUT2D eigenvalue weighted by atomic mass is 9.86. The summed E-state index contributed by atoms with van der Waals surface area (Å²) in [6.07, 6.45) is 9.80. The van der Waals surface area contributed by atoms with Crippen molar-refractivity contribution in [3.05, 3.63) is 0 Å². The molecule has 0 aromatic carbocycles. The number of amides is 1. The molecule has 1 amide bonds. The zero-order chi connectivity index (χ0) is 13.2. The van der Waals surface area contributed by atoms with Crippen LogP contribution in [0, 0.1) is 11.3 Å². The number of halogens is 2. The third kappa shape index (κ3) is 3.14. The highest BCUT2D eigenvalue weighted by Crippen LogP contribution is 2.63. The lowest BCUT2D eigenvalue weighted by Gasteiger charge is -2.21. The average molecular weight is 292 g/mol. The van der Waals surface area contributed by atoms with E-state index in [1.54, 1.807) is 0 Å². The summed E-state index contributed by atoms with van der Waals surface area (Å²) in [5.74, 6) is 0.892. The Balaban J connectivity index is 1.60. The van der Waals surface area contributed by atoms with Crippen LogP contribution in [-0.2, 0) is 4.79 Å². The van der Waals surface area contributed by atoms with Crippen LogP contribution in [0.25, 0.3) is 0 Å². The molecule has 1 unspecified atom stereocenters. The zero-order valence-corrected chi connectivity index (χ0v) is 12.6. The molecule has 0 spiro atoms. The molecule has 0 radical (unpaired) electrons. The lowest BCUT2D eigenvalue weighted by Crippen LogP contribution is -2.34. The summed E-state index contributed by atoms with van der Waals surface area (Å²) >= 11 is 12.0. The number of rotatable bonds is 5. The van der Waals surface area contributed by atoms with Crippen molar-refractivity contribution in [2.24, 2.45) is 11.3 Å². The van der Waals surface area contributed by atoms with Crippen LogP contribution >= 0.6 is 23.2 Å². The quantitative estimate of drug-likeness (QED) is 0.601. The summed E-state index contributed by atoms with van der Waals surface area (Å²) in [5, 5.41) is 2.97. The number of nitrogens with one attached hydrogen (secondary N) is 1. The first-order valence-corrected chi connectivity index (χ1v) is 7.87. The van der Waals surface area contributed by atoms with E-state index in [1.807, 2.05) is 6.92 Å². The average Bonchev–Trinajstić information content (AvgIpc) is 2.87. The molecule has 104 valence electrons. The van der Waals surface area contributed by atoms with E-state index in [9.17, 15) is 4.79 Å². The molecule has 2 aliphatic carbocycles. The molecule has 18 heavy (non-hydrogen) atoms. The first-order valence-electron chi connectivity index (χ1n) is 7.12. The third-order valence-corrected chi connectivity index (χ3v) is 5.66. The van der Waals surface area contributed by atoms with E-state index in [-0.39, 0.29) is 5.91 Å². The van der Waals surface area contributed by atoms with Crippen molar-refractivity contribution in [1.82, 2.24) is 5.32 Å². The maximum absolute atomic E-state index is 11.9. The number of carbonyl (C=O) groups excluding carboxylic acids is 1. The van der Waals surface area contributed by atoms with Gasteiger partial charge in [0, 0.05) is 6.54 Å². The second-order valence-electron chi connectivity index (χ2n) is 6.12. The second kappa shape index (κ2) is 5.58. The van der Waals surface area contributed by atoms with Gasteiger partial charge in [0.25, 0.3) is 0 Å². The summed E-state index contributed by atoms with van der Waals surface area (Å²) in [4.78, 5) is 11.9. The lowest BCUT2D eigenvalue weighted by molar-refractivity contribution is -0.125. The fourth-order valence-electron chi connectivity index (χ4n) is 2.91. The molecule has 0 bridgehead atoms. The van der Waals surface area contributed by atoms with Crippen LogP contribution in [0.5, 0.6) is 0 Å². The van der Waals surface area contributed by atoms with Gasteiger partial charge in [0.05, 0.1) is 5.41 Å². The Morgan fingerprint density at radius 1 is 1.28 bits per heavy atom. The van der Waals surface area contributed by atoms with E-state index in [4.69, 9.17) is 23.2 Å². The highest BCUT2D eigenvalue weighted by molar-refractivity contribution is 6.53. The Kier molecular flexibility index (Phi) is 4.48. The SMILES string of the molecule is CC1(C(=O)NCCCC2CCCCC2)CC1(Cl)Cl. The summed E-state index contributed by atoms with van der Waals surface area (Å²) in [6, 6.07) is 0. The van der Waals surface area contributed by atoms with E-state index in [1.165, 1.54) is 38.5 Å². The Bertz CT molecular complexity index is 313. The van der Waals surface area contributed by atoms with E-state index in [2.05, 4.69) is 5.32 Å². The zero-order valence-electron chi connectivity index (χ0n) is 11.1. The fourth-order valence-corrected chi connectivity index (χ4v) is 3.62. The minimum atomic E-state index is -0.847. The largest absolute Gasteiger partial charge is 0.356 e. The van der Waals surface area contributed by atoms with E-state index < -0.39 is 9.75 Å². The molecular formula is C14H23Cl2NO. The summed E-state index contributed by atoms with van der Waals surface area (Å²) in [6.45, 7) is 2.60. The Morgan fingerprint density at radius 3 is 2.44 bits per heavy atom. The molecule has 0 aromatic rings. The standard InChI is InChI=1S/C14H23Cl2NO/c1-13(10-14(13,15)16)12(18)17-9-5-8-11-6-3-2-4-7-11/h11H,2-10H2,1H3,(H,17,18). The van der Waals surface area contributed by atoms with Gasteiger partial charge in [-0.1, -0.05) is 32.1 Å². The first kappa shape index (κ1) is 14.5. The Hall–Kier alpha value is 0.0500. The van der Waals surface area contributed by atoms with Gasteiger partial charge in [-0.05, 0) is 32.1 Å². The van der Waals surface area contributed by atoms with Gasteiger partial charge in [-0.15, -0.1) is 23.2 Å². The maximum atomic E-state index is 11.9. The van der Waals surface area contributed by atoms with Crippen LogP contribution in [0.1, 0.15) is 58.3 Å². The van der Waals surface area contributed by atoms with Crippen LogP contribution in [-0.4, -0.2) is 16.8 Å². The van der Waals surface area contributed by atoms with E-state index >= 15 is 0 Å². The molecule has 4 heteroatoms. The molecule has 0 heterocycles. The molecule has 2 aliphatic rings. The topological polar surface area (TPSA) is 29.1 Å². The molecule has 2 nitrogen and oxygen atoms in total. The first-order chi connectivity index (χ1) is 8.46. The van der Waals surface area contributed by atoms with Crippen molar-refractivity contribution in [2.75, 3.05) is 6.54 Å². The van der Waals surface area contributed by atoms with Gasteiger partial charge in [0.15, 0.2) is 0 Å². The van der Waals surface area contributed by atoms with Gasteiger partial charge >= 0.3 is 0 Å². The van der Waals surface area contributed by atoms with Gasteiger partial charge in [0.1, 0.15) is 4.33 Å². The predicted octanol–water partition coefficient (Wildman–Crippen LogP) is 4.05. The van der Waals surface area contributed by atoms with Crippen LogP contribution in [0.3, 0.4) is 0 Å². The van der Waals surface area contributed by atoms with E-state index in [0.717, 1.165) is 18.9 Å². The monoisotopic (exact) mass is 291 g/mol. The highest BCUT2D eigenvalue weighted by atomic mass is 35.5. The molecule has 0 saturated heterocycles. The second-order valence-corrected chi connectivity index (χ2v) is 7.60. The minimum Gasteiger partial charge on any atom is -0.356 e. The normalized spacial score (nSPS) is 31.1. The van der Waals surface area contributed by atoms with Crippen molar-refractivity contribution in [1.29, 1.82) is 0 Å². The molecule has 0 aliphatic heterocycles. The fraction of sp³-hybridized carbons (Fsp3) is 0.929. The number of carbonyl (C=O) groups is 1. The van der Waals surface area contributed by atoms with Gasteiger partial charge in [-0.2, -0.15) is 0 Å². The molecule has 2 saturated carbocycles. The van der Waals surface area contributed by atoms with Crippen molar-refractivity contribution in [2.45, 2.75) is 62.6 Å². The molecule has 2 fully saturated rings. The van der Waals surface area contributed by atoms with Crippen molar-refractivity contribution in [3.8, 4) is 0 Å². The molecular weight excluding hydrogens is 269 g/mol. The van der Waals surface area contributed by atoms with Gasteiger partial charge in [0.2, 0.25) is 5.91 Å². The van der Waals surface area contributed by atoms with Crippen LogP contribution < -0.4 is 5.32 Å². The smallest absolute Gasteiger partial charge is 0.229 e. The Morgan fingerprint density at radius 2 is 1.89 bits per heavy atom. The third-order valence-electron chi connectivity index (χ3n) is 4.56. The molecule has 0 aromatic heterocycles. The summed E-state index contributed by atoms with van der Waals surface area (Å²) in [7, 11) is 0. The van der Waals surface area contributed by atoms with Gasteiger partial charge < -0.3 is 5.32 Å². The van der Waals surface area contributed by atoms with Crippen molar-refractivity contribution >= 4 is 29.1 Å². The van der Waals surface area contributed by atoms with Crippen molar-refractivity contribution < 1.29 is 4.79 Å². The minimum absolute atomic E-state index is 0.0103. The van der Waals surface area contributed by atoms with Gasteiger partial charge in [-0.25, -0.2) is 0 Å². The predicted molar refractivity (Wildman–Crippen MR) is 76.0 cm³/mol. The number of hydrogen-bond acceptors (Lipinski definition) is 1. The van der Waals surface area contributed by atoms with Gasteiger partial charge in [-0.3, -0.25) is 4.79 Å². The summed E-state index contributed by atoms with van der Waals surface area (Å²) in [5.41, 5.74) is -0.569. The van der Waals surface area contributed by atoms with Crippen molar-refractivity contribution in [3.63, 3.8) is 0 Å². The number of hydrogen-bond donors (Lipinski definition) is 1. The van der Waals surface area contributed by atoms with Crippen LogP contribution in [0.15, 0.2) is 0 Å². The molecule has 2 rings (SSSR count). The maximum Gasteiger partial charge on any atom is 0.229 e. The van der Waals surface area contributed by atoms with E-state index in [0.29, 0.717) is 6.42 Å². The number of alkyl halides is 2.